The first-order chi connectivity index (χ1) is 8.61. The average molecular weight is 346 g/mol. The molecule has 0 saturated carbocycles. The highest BCUT2D eigenvalue weighted by atomic mass is 79.9. The van der Waals surface area contributed by atoms with Crippen molar-refractivity contribution in [2.45, 2.75) is 19.4 Å². The third-order valence-electron chi connectivity index (χ3n) is 2.22. The van der Waals surface area contributed by atoms with Crippen LogP contribution < -0.4 is 10.0 Å². The summed E-state index contributed by atoms with van der Waals surface area (Å²) in [5.74, 6) is 0. The number of hydrogen-bond donors (Lipinski definition) is 2. The summed E-state index contributed by atoms with van der Waals surface area (Å²) >= 11 is 3.32. The van der Waals surface area contributed by atoms with Crippen molar-refractivity contribution in [1.82, 2.24) is 4.72 Å². The highest BCUT2D eigenvalue weighted by Crippen LogP contribution is 2.20. The van der Waals surface area contributed by atoms with Gasteiger partial charge in [-0.1, -0.05) is 15.9 Å². The van der Waals surface area contributed by atoms with Crippen LogP contribution in [0.5, 0.6) is 0 Å². The van der Waals surface area contributed by atoms with Gasteiger partial charge in [0.25, 0.3) is 0 Å². The lowest BCUT2D eigenvalue weighted by Crippen LogP contribution is -2.47. The number of sulfonamides is 1. The van der Waals surface area contributed by atoms with E-state index in [0.717, 1.165) is 16.4 Å². The highest BCUT2D eigenvalue weighted by molar-refractivity contribution is 9.10. The lowest BCUT2D eigenvalue weighted by atomic mass is 10.1. The van der Waals surface area contributed by atoms with E-state index in [4.69, 9.17) is 5.26 Å². The highest BCUT2D eigenvalue weighted by Gasteiger charge is 2.21. The van der Waals surface area contributed by atoms with Crippen LogP contribution in [0.3, 0.4) is 0 Å². The second-order valence-electron chi connectivity index (χ2n) is 4.95. The maximum Gasteiger partial charge on any atom is 0.209 e. The molecular formula is C12H16BrN3O2S. The fourth-order valence-corrected chi connectivity index (χ4v) is 3.19. The molecule has 0 bridgehead atoms. The summed E-state index contributed by atoms with van der Waals surface area (Å²) in [6.45, 7) is 3.97. The number of nitrogens with one attached hydrogen (secondary N) is 2. The SMILES string of the molecule is CC(C)(CNc1cc(Br)cc(C#N)c1)NS(C)(=O)=O. The van der Waals surface area contributed by atoms with E-state index < -0.39 is 15.6 Å². The predicted octanol–water partition coefficient (Wildman–Crippen LogP) is 2.06. The van der Waals surface area contributed by atoms with Gasteiger partial charge in [0, 0.05) is 22.2 Å². The van der Waals surface area contributed by atoms with Gasteiger partial charge in [0.05, 0.1) is 17.9 Å². The molecular weight excluding hydrogens is 330 g/mol. The topological polar surface area (TPSA) is 82.0 Å². The molecule has 0 atom stereocenters. The Morgan fingerprint density at radius 3 is 2.53 bits per heavy atom. The Hall–Kier alpha value is -1.10. The van der Waals surface area contributed by atoms with Gasteiger partial charge in [-0.25, -0.2) is 13.1 Å². The van der Waals surface area contributed by atoms with E-state index in [1.54, 1.807) is 26.0 Å². The Balaban J connectivity index is 2.77. The van der Waals surface area contributed by atoms with Crippen LogP contribution in [0.15, 0.2) is 22.7 Å². The summed E-state index contributed by atoms with van der Waals surface area (Å²) in [7, 11) is -3.26. The molecule has 19 heavy (non-hydrogen) atoms. The Bertz CT molecular complexity index is 606. The molecule has 0 spiro atoms. The monoisotopic (exact) mass is 345 g/mol. The normalized spacial score (nSPS) is 11.9. The fourth-order valence-electron chi connectivity index (χ4n) is 1.62. The van der Waals surface area contributed by atoms with Crippen LogP contribution in [0.25, 0.3) is 0 Å². The number of rotatable bonds is 5. The van der Waals surface area contributed by atoms with Crippen molar-refractivity contribution in [3.63, 3.8) is 0 Å². The quantitative estimate of drug-likeness (QED) is 0.855. The van der Waals surface area contributed by atoms with Crippen LogP contribution in [0.1, 0.15) is 19.4 Å². The van der Waals surface area contributed by atoms with Gasteiger partial charge in [-0.3, -0.25) is 0 Å². The molecule has 0 saturated heterocycles. The summed E-state index contributed by atoms with van der Waals surface area (Å²) in [4.78, 5) is 0. The van der Waals surface area contributed by atoms with E-state index in [1.807, 2.05) is 6.07 Å². The second kappa shape index (κ2) is 5.90. The Labute approximate surface area is 122 Å². The number of halogens is 1. The van der Waals surface area contributed by atoms with Crippen molar-refractivity contribution in [2.75, 3.05) is 18.1 Å². The van der Waals surface area contributed by atoms with Crippen molar-refractivity contribution < 1.29 is 8.42 Å². The van der Waals surface area contributed by atoms with E-state index in [2.05, 4.69) is 32.0 Å². The first-order valence-electron chi connectivity index (χ1n) is 5.55. The van der Waals surface area contributed by atoms with Gasteiger partial charge in [0.1, 0.15) is 0 Å². The summed E-state index contributed by atoms with van der Waals surface area (Å²) in [5.41, 5.74) is 0.669. The summed E-state index contributed by atoms with van der Waals surface area (Å²) in [5, 5.41) is 12.0. The molecule has 1 aromatic carbocycles. The van der Waals surface area contributed by atoms with E-state index in [-0.39, 0.29) is 0 Å². The molecule has 1 rings (SSSR count). The molecule has 0 aliphatic heterocycles. The molecule has 0 fully saturated rings. The molecule has 0 aliphatic carbocycles. The zero-order valence-electron chi connectivity index (χ0n) is 11.0. The number of hydrogen-bond acceptors (Lipinski definition) is 4. The smallest absolute Gasteiger partial charge is 0.209 e. The Kier molecular flexibility index (Phi) is 4.96. The molecule has 0 aromatic heterocycles. The van der Waals surface area contributed by atoms with Gasteiger partial charge in [-0.15, -0.1) is 0 Å². The van der Waals surface area contributed by atoms with Crippen LogP contribution in [0, 0.1) is 11.3 Å². The number of nitrogens with zero attached hydrogens (tertiary/aromatic N) is 1. The van der Waals surface area contributed by atoms with E-state index in [0.29, 0.717) is 12.1 Å². The zero-order chi connectivity index (χ0) is 14.7. The summed E-state index contributed by atoms with van der Waals surface area (Å²) in [6, 6.07) is 7.32. The summed E-state index contributed by atoms with van der Waals surface area (Å²) in [6.07, 6.45) is 1.13. The molecule has 0 heterocycles. The predicted molar refractivity (Wildman–Crippen MR) is 79.4 cm³/mol. The first-order valence-corrected chi connectivity index (χ1v) is 8.23. The minimum absolute atomic E-state index is 0.404. The van der Waals surface area contributed by atoms with Gasteiger partial charge in [0.2, 0.25) is 10.0 Å². The average Bonchev–Trinajstić information content (AvgIpc) is 2.22. The third kappa shape index (κ3) is 6.05. The van der Waals surface area contributed by atoms with Crippen LogP contribution in [-0.2, 0) is 10.0 Å². The van der Waals surface area contributed by atoms with Gasteiger partial charge >= 0.3 is 0 Å². The molecule has 7 heteroatoms. The van der Waals surface area contributed by atoms with Crippen molar-refractivity contribution in [3.05, 3.63) is 28.2 Å². The van der Waals surface area contributed by atoms with E-state index >= 15 is 0 Å². The van der Waals surface area contributed by atoms with Gasteiger partial charge in [-0.2, -0.15) is 5.26 Å². The minimum Gasteiger partial charge on any atom is -0.383 e. The van der Waals surface area contributed by atoms with Crippen LogP contribution in [0.2, 0.25) is 0 Å². The molecule has 0 radical (unpaired) electrons. The fraction of sp³-hybridized carbons (Fsp3) is 0.417. The van der Waals surface area contributed by atoms with Crippen molar-refractivity contribution in [1.29, 1.82) is 5.26 Å². The number of nitriles is 1. The van der Waals surface area contributed by atoms with Crippen molar-refractivity contribution in [3.8, 4) is 6.07 Å². The minimum atomic E-state index is -3.26. The molecule has 1 aromatic rings. The number of anilines is 1. The van der Waals surface area contributed by atoms with E-state index in [9.17, 15) is 8.42 Å². The maximum atomic E-state index is 11.2. The van der Waals surface area contributed by atoms with Gasteiger partial charge in [0.15, 0.2) is 0 Å². The lowest BCUT2D eigenvalue weighted by molar-refractivity contribution is 0.476. The van der Waals surface area contributed by atoms with Crippen LogP contribution in [-0.4, -0.2) is 26.8 Å². The molecule has 5 nitrogen and oxygen atoms in total. The van der Waals surface area contributed by atoms with Gasteiger partial charge in [-0.05, 0) is 32.0 Å². The van der Waals surface area contributed by atoms with Crippen molar-refractivity contribution >= 4 is 31.6 Å². The van der Waals surface area contributed by atoms with Crippen molar-refractivity contribution in [2.24, 2.45) is 0 Å². The Morgan fingerprint density at radius 1 is 1.37 bits per heavy atom. The number of benzene rings is 1. The maximum absolute atomic E-state index is 11.2. The first kappa shape index (κ1) is 16.0. The van der Waals surface area contributed by atoms with Gasteiger partial charge < -0.3 is 5.32 Å². The van der Waals surface area contributed by atoms with Crippen LogP contribution >= 0.6 is 15.9 Å². The van der Waals surface area contributed by atoms with Crippen LogP contribution in [0.4, 0.5) is 5.69 Å². The molecule has 0 aliphatic rings. The third-order valence-corrected chi connectivity index (χ3v) is 3.60. The molecule has 104 valence electrons. The largest absolute Gasteiger partial charge is 0.383 e. The molecule has 2 N–H and O–H groups in total. The zero-order valence-corrected chi connectivity index (χ0v) is 13.4. The Morgan fingerprint density at radius 2 is 2.00 bits per heavy atom. The molecule has 0 unspecified atom stereocenters. The standard InChI is InChI=1S/C12H16BrN3O2S/c1-12(2,16-19(3,17)18)8-15-11-5-9(7-14)4-10(13)6-11/h4-6,15-16H,8H2,1-3H3. The lowest BCUT2D eigenvalue weighted by Gasteiger charge is -2.26. The molecule has 0 amide bonds. The summed E-state index contributed by atoms with van der Waals surface area (Å²) < 4.78 is 25.8. The van der Waals surface area contributed by atoms with E-state index in [1.165, 1.54) is 0 Å². The second-order valence-corrected chi connectivity index (χ2v) is 7.62.